The fourth-order valence-corrected chi connectivity index (χ4v) is 4.47. The third-order valence-electron chi connectivity index (χ3n) is 5.55. The van der Waals surface area contributed by atoms with Gasteiger partial charge in [0.25, 0.3) is 5.91 Å². The van der Waals surface area contributed by atoms with Crippen LogP contribution < -0.4 is 10.2 Å². The highest BCUT2D eigenvalue weighted by molar-refractivity contribution is 9.10. The van der Waals surface area contributed by atoms with Crippen LogP contribution in [0.3, 0.4) is 0 Å². The second-order valence-electron chi connectivity index (χ2n) is 7.74. The maximum Gasteiger partial charge on any atom is 0.257 e. The molecule has 3 aromatic heterocycles. The van der Waals surface area contributed by atoms with Gasteiger partial charge in [0.05, 0.1) is 26.8 Å². The van der Waals surface area contributed by atoms with Gasteiger partial charge in [0.2, 0.25) is 0 Å². The van der Waals surface area contributed by atoms with Gasteiger partial charge in [0, 0.05) is 32.0 Å². The Labute approximate surface area is 187 Å². The summed E-state index contributed by atoms with van der Waals surface area (Å²) in [5, 5.41) is 7.37. The van der Waals surface area contributed by atoms with E-state index in [4.69, 9.17) is 0 Å². The molecule has 0 saturated carbocycles. The minimum atomic E-state index is -0.190. The average molecular weight is 480 g/mol. The van der Waals surface area contributed by atoms with Crippen LogP contribution >= 0.6 is 15.9 Å². The highest BCUT2D eigenvalue weighted by atomic mass is 79.9. The molecule has 4 aromatic rings. The lowest BCUT2D eigenvalue weighted by Gasteiger charge is -2.16. The van der Waals surface area contributed by atoms with Crippen LogP contribution in [0.2, 0.25) is 0 Å². The van der Waals surface area contributed by atoms with E-state index in [1.807, 2.05) is 44.3 Å². The van der Waals surface area contributed by atoms with Crippen molar-refractivity contribution in [3.8, 4) is 11.5 Å². The lowest BCUT2D eigenvalue weighted by molar-refractivity contribution is 0.102. The highest BCUT2D eigenvalue weighted by Gasteiger charge is 2.17. The maximum absolute atomic E-state index is 12.7. The molecule has 0 unspecified atom stereocenters. The Morgan fingerprint density at radius 2 is 2.00 bits per heavy atom. The van der Waals surface area contributed by atoms with Crippen molar-refractivity contribution in [3.63, 3.8) is 0 Å². The van der Waals surface area contributed by atoms with Crippen LogP contribution in [0, 0.1) is 6.92 Å². The van der Waals surface area contributed by atoms with Crippen molar-refractivity contribution in [1.29, 1.82) is 0 Å². The predicted molar refractivity (Wildman–Crippen MR) is 124 cm³/mol. The predicted octanol–water partition coefficient (Wildman–Crippen LogP) is 4.28. The zero-order valence-electron chi connectivity index (χ0n) is 17.3. The van der Waals surface area contributed by atoms with Crippen LogP contribution in [0.1, 0.15) is 28.9 Å². The van der Waals surface area contributed by atoms with Crippen LogP contribution in [-0.2, 0) is 7.05 Å². The van der Waals surface area contributed by atoms with Crippen LogP contribution in [0.4, 0.5) is 11.5 Å². The molecule has 1 aliphatic heterocycles. The molecule has 1 saturated heterocycles. The zero-order valence-corrected chi connectivity index (χ0v) is 18.9. The lowest BCUT2D eigenvalue weighted by atomic mass is 10.2. The molecule has 158 valence electrons. The Bertz CT molecular complexity index is 1270. The number of aromatic nitrogens is 5. The van der Waals surface area contributed by atoms with Crippen molar-refractivity contribution in [2.24, 2.45) is 7.05 Å². The number of benzene rings is 1. The minimum Gasteiger partial charge on any atom is -0.357 e. The van der Waals surface area contributed by atoms with Gasteiger partial charge in [0.15, 0.2) is 5.82 Å². The average Bonchev–Trinajstić information content (AvgIpc) is 3.48. The monoisotopic (exact) mass is 479 g/mol. The summed E-state index contributed by atoms with van der Waals surface area (Å²) in [6.45, 7) is 4.00. The first-order valence-corrected chi connectivity index (χ1v) is 11.0. The van der Waals surface area contributed by atoms with Gasteiger partial charge < -0.3 is 15.2 Å². The van der Waals surface area contributed by atoms with Crippen LogP contribution in [0.25, 0.3) is 22.6 Å². The van der Waals surface area contributed by atoms with E-state index in [1.54, 1.807) is 10.9 Å². The smallest absolute Gasteiger partial charge is 0.257 e. The van der Waals surface area contributed by atoms with E-state index >= 15 is 0 Å². The summed E-state index contributed by atoms with van der Waals surface area (Å²) in [6, 6.07) is 9.35. The number of imidazole rings is 1. The number of nitrogens with zero attached hydrogens (tertiary/aromatic N) is 5. The van der Waals surface area contributed by atoms with Crippen molar-refractivity contribution in [2.75, 3.05) is 23.3 Å². The van der Waals surface area contributed by atoms with E-state index < -0.39 is 0 Å². The number of anilines is 2. The van der Waals surface area contributed by atoms with Crippen molar-refractivity contribution in [1.82, 2.24) is 24.7 Å². The van der Waals surface area contributed by atoms with Crippen molar-refractivity contribution in [2.45, 2.75) is 19.8 Å². The van der Waals surface area contributed by atoms with Gasteiger partial charge in [-0.2, -0.15) is 5.10 Å². The number of aryl methyl sites for hydroxylation is 2. The molecule has 9 heteroatoms. The molecule has 0 aliphatic carbocycles. The number of halogens is 1. The number of hydrogen-bond donors (Lipinski definition) is 2. The Kier molecular flexibility index (Phi) is 4.97. The molecule has 1 amide bonds. The molecule has 0 spiro atoms. The fourth-order valence-electron chi connectivity index (χ4n) is 3.95. The van der Waals surface area contributed by atoms with Gasteiger partial charge in [-0.05, 0) is 66.0 Å². The molecule has 0 radical (unpaired) electrons. The molecule has 0 bridgehead atoms. The number of H-pyrrole nitrogens is 1. The minimum absolute atomic E-state index is 0.190. The summed E-state index contributed by atoms with van der Waals surface area (Å²) in [6.07, 6.45) is 4.02. The number of amides is 1. The molecule has 1 aliphatic rings. The maximum atomic E-state index is 12.7. The SMILES string of the molecule is Cc1nn(C)c(-c2nc3ccc(NC(=O)c4ccc(N5CCCC5)nc4)cc3[nH]2)c1Br. The number of hydrogen-bond acceptors (Lipinski definition) is 5. The van der Waals surface area contributed by atoms with E-state index in [0.717, 1.165) is 51.6 Å². The normalized spacial score (nSPS) is 13.8. The van der Waals surface area contributed by atoms with Crippen molar-refractivity contribution >= 4 is 44.4 Å². The second kappa shape index (κ2) is 7.81. The Morgan fingerprint density at radius 1 is 1.19 bits per heavy atom. The van der Waals surface area contributed by atoms with Gasteiger partial charge in [-0.25, -0.2) is 9.97 Å². The van der Waals surface area contributed by atoms with E-state index in [1.165, 1.54) is 12.8 Å². The van der Waals surface area contributed by atoms with Gasteiger partial charge >= 0.3 is 0 Å². The summed E-state index contributed by atoms with van der Waals surface area (Å²) < 4.78 is 2.70. The number of fused-ring (bicyclic) bond motifs is 1. The molecule has 8 nitrogen and oxygen atoms in total. The first-order chi connectivity index (χ1) is 15.0. The molecule has 4 heterocycles. The molecule has 5 rings (SSSR count). The van der Waals surface area contributed by atoms with Crippen molar-refractivity contribution in [3.05, 3.63) is 52.3 Å². The third-order valence-corrected chi connectivity index (χ3v) is 6.50. The number of carbonyl (C=O) groups is 1. The fraction of sp³-hybridized carbons (Fsp3) is 0.273. The Hall–Kier alpha value is -3.20. The van der Waals surface area contributed by atoms with Crippen LogP contribution in [0.15, 0.2) is 41.0 Å². The lowest BCUT2D eigenvalue weighted by Crippen LogP contribution is -2.19. The molecular weight excluding hydrogens is 458 g/mol. The Balaban J connectivity index is 1.36. The van der Waals surface area contributed by atoms with E-state index in [9.17, 15) is 4.79 Å². The molecular formula is C22H22BrN7O. The second-order valence-corrected chi connectivity index (χ2v) is 8.54. The third kappa shape index (κ3) is 3.69. The molecule has 31 heavy (non-hydrogen) atoms. The standard InChI is InChI=1S/C22H22BrN7O/c1-13-19(23)20(29(2)28-13)21-26-16-7-6-15(11-17(16)27-21)25-22(31)14-5-8-18(24-12-14)30-9-3-4-10-30/h5-8,11-12H,3-4,9-10H2,1-2H3,(H,25,31)(H,26,27). The van der Waals surface area contributed by atoms with Gasteiger partial charge in [-0.3, -0.25) is 9.48 Å². The molecule has 0 atom stereocenters. The van der Waals surface area contributed by atoms with Gasteiger partial charge in [-0.1, -0.05) is 0 Å². The summed E-state index contributed by atoms with van der Waals surface area (Å²) in [5.74, 6) is 1.46. The summed E-state index contributed by atoms with van der Waals surface area (Å²) in [5.41, 5.74) is 4.65. The van der Waals surface area contributed by atoms with Crippen molar-refractivity contribution < 1.29 is 4.79 Å². The number of pyridine rings is 1. The van der Waals surface area contributed by atoms with E-state index in [-0.39, 0.29) is 5.91 Å². The summed E-state index contributed by atoms with van der Waals surface area (Å²) >= 11 is 3.59. The van der Waals surface area contributed by atoms with E-state index in [2.05, 4.69) is 46.2 Å². The van der Waals surface area contributed by atoms with Crippen LogP contribution in [0.5, 0.6) is 0 Å². The number of carbonyl (C=O) groups excluding carboxylic acids is 1. The first kappa shape index (κ1) is 19.7. The largest absolute Gasteiger partial charge is 0.357 e. The highest BCUT2D eigenvalue weighted by Crippen LogP contribution is 2.30. The van der Waals surface area contributed by atoms with Crippen LogP contribution in [-0.4, -0.2) is 43.7 Å². The molecule has 2 N–H and O–H groups in total. The number of rotatable bonds is 4. The van der Waals surface area contributed by atoms with Gasteiger partial charge in [0.1, 0.15) is 11.5 Å². The van der Waals surface area contributed by atoms with Gasteiger partial charge in [-0.15, -0.1) is 0 Å². The quantitative estimate of drug-likeness (QED) is 0.455. The van der Waals surface area contributed by atoms with E-state index in [0.29, 0.717) is 11.3 Å². The number of aromatic amines is 1. The topological polar surface area (TPSA) is 91.7 Å². The molecule has 1 fully saturated rings. The molecule has 1 aromatic carbocycles. The first-order valence-electron chi connectivity index (χ1n) is 10.2. The summed E-state index contributed by atoms with van der Waals surface area (Å²) in [7, 11) is 1.88. The number of nitrogens with one attached hydrogen (secondary N) is 2. The summed E-state index contributed by atoms with van der Waals surface area (Å²) in [4.78, 5) is 27.4. The zero-order chi connectivity index (χ0) is 21.5. The Morgan fingerprint density at radius 3 is 2.68 bits per heavy atom.